The number of hydrogen-bond acceptors (Lipinski definition) is 6. The molecule has 0 aromatic heterocycles. The van der Waals surface area contributed by atoms with E-state index in [2.05, 4.69) is 17.2 Å². The Hall–Kier alpha value is -1.87. The van der Waals surface area contributed by atoms with Crippen molar-refractivity contribution >= 4 is 17.8 Å². The Morgan fingerprint density at radius 1 is 0.912 bits per heavy atom. The quantitative estimate of drug-likeness (QED) is 0.0680. The highest BCUT2D eigenvalue weighted by molar-refractivity contribution is 5.84. The van der Waals surface area contributed by atoms with Gasteiger partial charge in [0.2, 0.25) is 5.91 Å². The molecule has 3 atom stereocenters. The number of aliphatic imine (C=N–C) groups is 1. The fourth-order valence-corrected chi connectivity index (χ4v) is 3.56. The fourth-order valence-electron chi connectivity index (χ4n) is 3.56. The summed E-state index contributed by atoms with van der Waals surface area (Å²) in [6.07, 6.45) is 15.9. The number of ether oxygens (including phenoxy) is 1. The van der Waals surface area contributed by atoms with Gasteiger partial charge in [0, 0.05) is 13.0 Å². The van der Waals surface area contributed by atoms with Crippen LogP contribution in [0, 0.1) is 0 Å². The fraction of sp³-hybridized carbons (Fsp3) is 0.880. The number of rotatable bonds is 22. The second-order valence-corrected chi connectivity index (χ2v) is 9.24. The van der Waals surface area contributed by atoms with Crippen LogP contribution in [0.25, 0.3) is 0 Å². The maximum absolute atomic E-state index is 12.4. The number of nitrogens with two attached hydrogens (primary N) is 3. The highest BCUT2D eigenvalue weighted by atomic mass is 16.5. The van der Waals surface area contributed by atoms with Crippen LogP contribution >= 0.6 is 0 Å². The lowest BCUT2D eigenvalue weighted by Gasteiger charge is -2.20. The van der Waals surface area contributed by atoms with Crippen molar-refractivity contribution in [2.24, 2.45) is 22.2 Å². The number of aliphatic hydroxyl groups is 1. The molecule has 0 rings (SSSR count). The summed E-state index contributed by atoms with van der Waals surface area (Å²) in [6.45, 7) is 3.81. The number of amides is 1. The van der Waals surface area contributed by atoms with Gasteiger partial charge in [-0.15, -0.1) is 0 Å². The van der Waals surface area contributed by atoms with Crippen LogP contribution in [0.1, 0.15) is 110 Å². The van der Waals surface area contributed by atoms with Gasteiger partial charge in [0.05, 0.1) is 12.1 Å². The van der Waals surface area contributed by atoms with Gasteiger partial charge in [-0.3, -0.25) is 9.79 Å². The minimum Gasteiger partial charge on any atom is -0.462 e. The van der Waals surface area contributed by atoms with Crippen molar-refractivity contribution < 1.29 is 19.4 Å². The first-order valence-corrected chi connectivity index (χ1v) is 13.2. The second-order valence-electron chi connectivity index (χ2n) is 9.24. The van der Waals surface area contributed by atoms with E-state index in [1.807, 2.05) is 0 Å². The lowest BCUT2D eigenvalue weighted by molar-refractivity contribution is -0.149. The number of carbonyl (C=O) groups excluding carboxylic acids is 2. The van der Waals surface area contributed by atoms with E-state index in [1.54, 1.807) is 0 Å². The van der Waals surface area contributed by atoms with Gasteiger partial charge in [0.15, 0.2) is 5.96 Å². The van der Waals surface area contributed by atoms with Gasteiger partial charge in [-0.25, -0.2) is 4.79 Å². The first-order valence-electron chi connectivity index (χ1n) is 13.2. The second kappa shape index (κ2) is 21.6. The van der Waals surface area contributed by atoms with Crippen LogP contribution in [0.4, 0.5) is 0 Å². The molecule has 34 heavy (non-hydrogen) atoms. The average molecular weight is 486 g/mol. The molecule has 0 aliphatic carbocycles. The van der Waals surface area contributed by atoms with E-state index < -0.39 is 24.2 Å². The van der Waals surface area contributed by atoms with Crippen LogP contribution in [0.5, 0.6) is 0 Å². The van der Waals surface area contributed by atoms with E-state index in [-0.39, 0.29) is 31.4 Å². The van der Waals surface area contributed by atoms with Gasteiger partial charge >= 0.3 is 5.97 Å². The molecular weight excluding hydrogens is 434 g/mol. The summed E-state index contributed by atoms with van der Waals surface area (Å²) in [7, 11) is 0. The van der Waals surface area contributed by atoms with Crippen molar-refractivity contribution in [1.82, 2.24) is 5.32 Å². The maximum Gasteiger partial charge on any atom is 0.328 e. The van der Waals surface area contributed by atoms with Gasteiger partial charge in [0.25, 0.3) is 0 Å². The topological polar surface area (TPSA) is 166 Å². The minimum absolute atomic E-state index is 0.0819. The van der Waals surface area contributed by atoms with Crippen LogP contribution < -0.4 is 22.5 Å². The SMILES string of the molecule is CCCCCCCCCCCCCCCC(=O)NC(CCN=C(N)N)C(=O)OC[C@H](N)[C@H](C)O. The molecule has 0 heterocycles. The van der Waals surface area contributed by atoms with E-state index in [1.165, 1.54) is 71.1 Å². The van der Waals surface area contributed by atoms with E-state index >= 15 is 0 Å². The zero-order valence-electron chi connectivity index (χ0n) is 21.6. The molecule has 0 spiro atoms. The zero-order chi connectivity index (χ0) is 25.6. The molecule has 8 N–H and O–H groups in total. The minimum atomic E-state index is -0.862. The molecule has 0 aromatic rings. The highest BCUT2D eigenvalue weighted by Crippen LogP contribution is 2.13. The molecule has 9 heteroatoms. The number of unbranched alkanes of at least 4 members (excludes halogenated alkanes) is 12. The van der Waals surface area contributed by atoms with Crippen LogP contribution in [-0.2, 0) is 14.3 Å². The first kappa shape index (κ1) is 32.1. The van der Waals surface area contributed by atoms with Crippen molar-refractivity contribution in [3.05, 3.63) is 0 Å². The zero-order valence-corrected chi connectivity index (χ0v) is 21.6. The third kappa shape index (κ3) is 19.6. The molecular formula is C25H51N5O4. The number of nitrogens with one attached hydrogen (secondary N) is 1. The molecule has 1 unspecified atom stereocenters. The first-order chi connectivity index (χ1) is 16.3. The Balaban J connectivity index is 4.06. The van der Waals surface area contributed by atoms with Gasteiger partial charge in [0.1, 0.15) is 12.6 Å². The lowest BCUT2D eigenvalue weighted by Crippen LogP contribution is -2.45. The lowest BCUT2D eigenvalue weighted by atomic mass is 10.0. The Bertz CT molecular complexity index is 553. The molecule has 0 bridgehead atoms. The molecule has 200 valence electrons. The van der Waals surface area contributed by atoms with Gasteiger partial charge in [-0.2, -0.15) is 0 Å². The van der Waals surface area contributed by atoms with Crippen LogP contribution in [-0.4, -0.2) is 54.3 Å². The molecule has 9 nitrogen and oxygen atoms in total. The molecule has 0 radical (unpaired) electrons. The van der Waals surface area contributed by atoms with Crippen molar-refractivity contribution in [3.8, 4) is 0 Å². The molecule has 0 saturated heterocycles. The van der Waals surface area contributed by atoms with Crippen LogP contribution in [0.2, 0.25) is 0 Å². The molecule has 0 aliphatic heterocycles. The predicted octanol–water partition coefficient (Wildman–Crippen LogP) is 2.87. The van der Waals surface area contributed by atoms with Crippen molar-refractivity contribution in [2.75, 3.05) is 13.2 Å². The Kier molecular flexibility index (Phi) is 20.5. The van der Waals surface area contributed by atoms with Gasteiger partial charge < -0.3 is 32.4 Å². The Morgan fingerprint density at radius 3 is 1.88 bits per heavy atom. The summed E-state index contributed by atoms with van der Waals surface area (Å²) in [5.41, 5.74) is 16.4. The summed E-state index contributed by atoms with van der Waals surface area (Å²) in [6, 6.07) is -1.55. The third-order valence-electron chi connectivity index (χ3n) is 5.88. The molecule has 1 amide bonds. The van der Waals surface area contributed by atoms with E-state index in [0.29, 0.717) is 6.42 Å². The number of carbonyl (C=O) groups is 2. The monoisotopic (exact) mass is 485 g/mol. The number of aliphatic hydroxyl groups excluding tert-OH is 1. The summed E-state index contributed by atoms with van der Waals surface area (Å²) >= 11 is 0. The van der Waals surface area contributed by atoms with Crippen molar-refractivity contribution in [1.29, 1.82) is 0 Å². The molecule has 0 fully saturated rings. The Morgan fingerprint density at radius 2 is 1.41 bits per heavy atom. The number of esters is 1. The normalized spacial score (nSPS) is 13.6. The third-order valence-corrected chi connectivity index (χ3v) is 5.88. The van der Waals surface area contributed by atoms with E-state index in [9.17, 15) is 14.7 Å². The largest absolute Gasteiger partial charge is 0.462 e. The van der Waals surface area contributed by atoms with Crippen molar-refractivity contribution in [3.63, 3.8) is 0 Å². The number of nitrogens with zero attached hydrogens (tertiary/aromatic N) is 1. The van der Waals surface area contributed by atoms with Crippen LogP contribution in [0.15, 0.2) is 4.99 Å². The van der Waals surface area contributed by atoms with Gasteiger partial charge in [-0.05, 0) is 19.8 Å². The Labute approximate surface area is 206 Å². The molecule has 0 aromatic carbocycles. The standard InChI is InChI=1S/C25H51N5O4/c1-3-4-5-6-7-8-9-10-11-12-13-14-15-16-23(32)30-22(17-18-29-25(27)28)24(33)34-19-21(26)20(2)31/h20-22,31H,3-19,26H2,1-2H3,(H,30,32)(H4,27,28,29)/t20-,21-,22?/m0/s1. The summed E-state index contributed by atoms with van der Waals surface area (Å²) in [5, 5.41) is 12.2. The number of hydrogen-bond donors (Lipinski definition) is 5. The summed E-state index contributed by atoms with van der Waals surface area (Å²) in [4.78, 5) is 28.6. The van der Waals surface area contributed by atoms with Crippen molar-refractivity contribution in [2.45, 2.75) is 128 Å². The smallest absolute Gasteiger partial charge is 0.328 e. The highest BCUT2D eigenvalue weighted by Gasteiger charge is 2.23. The molecule has 0 aliphatic rings. The average Bonchev–Trinajstić information content (AvgIpc) is 2.79. The summed E-state index contributed by atoms with van der Waals surface area (Å²) < 4.78 is 5.16. The maximum atomic E-state index is 12.4. The molecule has 0 saturated carbocycles. The van der Waals surface area contributed by atoms with Crippen LogP contribution in [0.3, 0.4) is 0 Å². The predicted molar refractivity (Wildman–Crippen MR) is 138 cm³/mol. The summed E-state index contributed by atoms with van der Waals surface area (Å²) in [5.74, 6) is -0.892. The number of guanidine groups is 1. The van der Waals surface area contributed by atoms with E-state index in [4.69, 9.17) is 21.9 Å². The van der Waals surface area contributed by atoms with E-state index in [0.717, 1.165) is 19.3 Å². The van der Waals surface area contributed by atoms with Gasteiger partial charge in [-0.1, -0.05) is 84.0 Å².